The third-order valence-corrected chi connectivity index (χ3v) is 4.66. The number of nitrogens with one attached hydrogen (secondary N) is 1. The maximum atomic E-state index is 12.2. The summed E-state index contributed by atoms with van der Waals surface area (Å²) >= 11 is 1.30. The first kappa shape index (κ1) is 18.5. The number of aromatic nitrogens is 3. The first-order valence-corrected chi connectivity index (χ1v) is 8.82. The fourth-order valence-electron chi connectivity index (χ4n) is 2.16. The van der Waals surface area contributed by atoms with Gasteiger partial charge in [0.25, 0.3) is 5.69 Å². The van der Waals surface area contributed by atoms with Crippen molar-refractivity contribution in [1.82, 2.24) is 20.4 Å². The second-order valence-corrected chi connectivity index (χ2v) is 6.89. The molecule has 0 fully saturated rings. The molecule has 0 radical (unpaired) electrons. The van der Waals surface area contributed by atoms with E-state index >= 15 is 0 Å². The van der Waals surface area contributed by atoms with Crippen LogP contribution in [0, 0.1) is 10.1 Å². The Balaban J connectivity index is 1.53. The van der Waals surface area contributed by atoms with Crippen molar-refractivity contribution >= 4 is 23.4 Å². The Kier molecular flexibility index (Phi) is 5.77. The third kappa shape index (κ3) is 4.88. The molecule has 0 aliphatic heterocycles. The molecule has 1 atom stereocenters. The number of nitro benzene ring substituents is 1. The van der Waals surface area contributed by atoms with Crippen LogP contribution < -0.4 is 5.32 Å². The summed E-state index contributed by atoms with van der Waals surface area (Å²) in [6.07, 6.45) is 3.26. The van der Waals surface area contributed by atoms with Gasteiger partial charge in [-0.1, -0.05) is 5.16 Å². The van der Waals surface area contributed by atoms with Crippen LogP contribution in [0.5, 0.6) is 0 Å². The van der Waals surface area contributed by atoms with E-state index in [1.165, 1.54) is 23.9 Å². The van der Waals surface area contributed by atoms with Crippen molar-refractivity contribution in [3.8, 4) is 11.4 Å². The van der Waals surface area contributed by atoms with Crippen LogP contribution in [0.2, 0.25) is 0 Å². The highest BCUT2D eigenvalue weighted by Crippen LogP contribution is 2.25. The molecule has 1 unspecified atom stereocenters. The summed E-state index contributed by atoms with van der Waals surface area (Å²) in [7, 11) is 0. The number of nitrogens with zero attached hydrogens (tertiary/aromatic N) is 4. The maximum Gasteiger partial charge on any atom is 0.269 e. The Hall–Kier alpha value is -3.27. The average Bonchev–Trinajstić information content (AvgIpc) is 3.16. The van der Waals surface area contributed by atoms with Gasteiger partial charge >= 0.3 is 0 Å². The van der Waals surface area contributed by atoms with Crippen LogP contribution in [-0.2, 0) is 11.3 Å². The van der Waals surface area contributed by atoms with Crippen LogP contribution in [0.3, 0.4) is 0 Å². The Morgan fingerprint density at radius 3 is 2.63 bits per heavy atom. The zero-order valence-electron chi connectivity index (χ0n) is 14.2. The van der Waals surface area contributed by atoms with E-state index in [9.17, 15) is 14.9 Å². The first-order chi connectivity index (χ1) is 13.0. The van der Waals surface area contributed by atoms with Crippen molar-refractivity contribution in [1.29, 1.82) is 0 Å². The van der Waals surface area contributed by atoms with Gasteiger partial charge < -0.3 is 9.84 Å². The van der Waals surface area contributed by atoms with Gasteiger partial charge in [0.1, 0.15) is 0 Å². The molecule has 1 amide bonds. The van der Waals surface area contributed by atoms with Crippen LogP contribution in [0.15, 0.2) is 58.2 Å². The van der Waals surface area contributed by atoms with E-state index in [1.807, 2.05) is 0 Å². The van der Waals surface area contributed by atoms with E-state index in [1.54, 1.807) is 43.6 Å². The highest BCUT2D eigenvalue weighted by atomic mass is 32.2. The molecule has 0 bridgehead atoms. The molecule has 3 rings (SSSR count). The number of rotatable bonds is 7. The summed E-state index contributed by atoms with van der Waals surface area (Å²) in [5.74, 6) is 0.514. The summed E-state index contributed by atoms with van der Waals surface area (Å²) in [6.45, 7) is 1.86. The van der Waals surface area contributed by atoms with E-state index < -0.39 is 10.2 Å². The molecule has 0 saturated heterocycles. The summed E-state index contributed by atoms with van der Waals surface area (Å²) < 4.78 is 5.14. The summed E-state index contributed by atoms with van der Waals surface area (Å²) in [5.41, 5.74) is 0.784. The third-order valence-electron chi connectivity index (χ3n) is 3.55. The SMILES string of the molecule is CC(Sc1ccc([N+](=O)[O-])cc1)C(=O)NCc1nc(-c2ccncc2)no1. The fraction of sp³-hybridized carbons (Fsp3) is 0.176. The zero-order valence-corrected chi connectivity index (χ0v) is 15.0. The highest BCUT2D eigenvalue weighted by Gasteiger charge is 2.16. The van der Waals surface area contributed by atoms with Gasteiger partial charge in [0.15, 0.2) is 0 Å². The summed E-state index contributed by atoms with van der Waals surface area (Å²) in [4.78, 5) is 31.4. The van der Waals surface area contributed by atoms with E-state index in [-0.39, 0.29) is 18.1 Å². The fourth-order valence-corrected chi connectivity index (χ4v) is 3.05. The molecular formula is C17H15N5O4S. The summed E-state index contributed by atoms with van der Waals surface area (Å²) in [6, 6.07) is 9.57. The lowest BCUT2D eigenvalue weighted by atomic mass is 10.2. The zero-order chi connectivity index (χ0) is 19.2. The molecule has 9 nitrogen and oxygen atoms in total. The molecule has 2 aromatic heterocycles. The van der Waals surface area contributed by atoms with Crippen molar-refractivity contribution in [3.63, 3.8) is 0 Å². The number of non-ortho nitro benzene ring substituents is 1. The number of benzene rings is 1. The largest absolute Gasteiger partial charge is 0.346 e. The molecule has 2 heterocycles. The van der Waals surface area contributed by atoms with Gasteiger partial charge in [-0.3, -0.25) is 19.9 Å². The Morgan fingerprint density at radius 1 is 1.26 bits per heavy atom. The van der Waals surface area contributed by atoms with Gasteiger partial charge in [0.2, 0.25) is 17.6 Å². The van der Waals surface area contributed by atoms with Crippen LogP contribution in [-0.4, -0.2) is 31.2 Å². The molecule has 27 heavy (non-hydrogen) atoms. The smallest absolute Gasteiger partial charge is 0.269 e. The van der Waals surface area contributed by atoms with Gasteiger partial charge in [0.05, 0.1) is 16.7 Å². The molecule has 1 N–H and O–H groups in total. The Morgan fingerprint density at radius 2 is 1.96 bits per heavy atom. The minimum Gasteiger partial charge on any atom is -0.346 e. The lowest BCUT2D eigenvalue weighted by Gasteiger charge is -2.10. The Bertz CT molecular complexity index is 930. The predicted octanol–water partition coefficient (Wildman–Crippen LogP) is 2.84. The quantitative estimate of drug-likeness (QED) is 0.374. The van der Waals surface area contributed by atoms with Crippen LogP contribution in [0.1, 0.15) is 12.8 Å². The lowest BCUT2D eigenvalue weighted by Crippen LogP contribution is -2.30. The number of amides is 1. The number of hydrogen-bond acceptors (Lipinski definition) is 8. The first-order valence-electron chi connectivity index (χ1n) is 7.95. The topological polar surface area (TPSA) is 124 Å². The number of carbonyl (C=O) groups excluding carboxylic acids is 1. The number of thioether (sulfide) groups is 1. The van der Waals surface area contributed by atoms with Gasteiger partial charge in [-0.25, -0.2) is 0 Å². The second kappa shape index (κ2) is 8.41. The number of carbonyl (C=O) groups is 1. The molecule has 0 aliphatic rings. The van der Waals surface area contributed by atoms with Crippen molar-refractivity contribution in [3.05, 3.63) is 64.8 Å². The highest BCUT2D eigenvalue weighted by molar-refractivity contribution is 8.00. The Labute approximate surface area is 158 Å². The van der Waals surface area contributed by atoms with E-state index in [4.69, 9.17) is 4.52 Å². The van der Waals surface area contributed by atoms with Crippen LogP contribution in [0.4, 0.5) is 5.69 Å². The van der Waals surface area contributed by atoms with Gasteiger partial charge in [0, 0.05) is 35.0 Å². The molecule has 138 valence electrons. The maximum absolute atomic E-state index is 12.2. The molecule has 0 saturated carbocycles. The van der Waals surface area contributed by atoms with Crippen molar-refractivity contribution < 1.29 is 14.2 Å². The van der Waals surface area contributed by atoms with Gasteiger partial charge in [-0.05, 0) is 31.2 Å². The predicted molar refractivity (Wildman–Crippen MR) is 97.8 cm³/mol. The van der Waals surface area contributed by atoms with Gasteiger partial charge in [-0.15, -0.1) is 11.8 Å². The van der Waals surface area contributed by atoms with E-state index in [2.05, 4.69) is 20.4 Å². The molecule has 10 heteroatoms. The average molecular weight is 385 g/mol. The monoisotopic (exact) mass is 385 g/mol. The van der Waals surface area contributed by atoms with E-state index in [0.717, 1.165) is 10.5 Å². The number of hydrogen-bond donors (Lipinski definition) is 1. The molecular weight excluding hydrogens is 370 g/mol. The van der Waals surface area contributed by atoms with Crippen LogP contribution >= 0.6 is 11.8 Å². The molecule has 0 aliphatic carbocycles. The standard InChI is InChI=1S/C17H15N5O4S/c1-11(27-14-4-2-13(3-5-14)22(24)25)17(23)19-10-15-20-16(21-26-15)12-6-8-18-9-7-12/h2-9,11H,10H2,1H3,(H,19,23). The minimum absolute atomic E-state index is 0.0119. The summed E-state index contributed by atoms with van der Waals surface area (Å²) in [5, 5.41) is 16.9. The second-order valence-electron chi connectivity index (χ2n) is 5.48. The van der Waals surface area contributed by atoms with Crippen molar-refractivity contribution in [2.24, 2.45) is 0 Å². The van der Waals surface area contributed by atoms with Crippen molar-refractivity contribution in [2.75, 3.05) is 0 Å². The normalized spacial score (nSPS) is 11.7. The van der Waals surface area contributed by atoms with Gasteiger partial charge in [-0.2, -0.15) is 4.98 Å². The number of pyridine rings is 1. The minimum atomic E-state index is -0.463. The number of nitro groups is 1. The molecule has 3 aromatic rings. The van der Waals surface area contributed by atoms with Crippen LogP contribution in [0.25, 0.3) is 11.4 Å². The molecule has 0 spiro atoms. The molecule has 1 aromatic carbocycles. The lowest BCUT2D eigenvalue weighted by molar-refractivity contribution is -0.384. The van der Waals surface area contributed by atoms with E-state index in [0.29, 0.717) is 11.7 Å². The van der Waals surface area contributed by atoms with Crippen molar-refractivity contribution in [2.45, 2.75) is 23.6 Å².